The molecule has 24 heavy (non-hydrogen) atoms. The second-order valence-electron chi connectivity index (χ2n) is 5.54. The van der Waals surface area contributed by atoms with Crippen molar-refractivity contribution in [3.8, 4) is 16.9 Å². The van der Waals surface area contributed by atoms with Gasteiger partial charge < -0.3 is 9.84 Å². The van der Waals surface area contributed by atoms with Crippen molar-refractivity contribution >= 4 is 17.6 Å². The highest BCUT2D eigenvalue weighted by atomic mass is 35.5. The van der Waals surface area contributed by atoms with E-state index in [2.05, 4.69) is 0 Å². The van der Waals surface area contributed by atoms with Crippen LogP contribution in [0.4, 0.5) is 13.2 Å². The van der Waals surface area contributed by atoms with E-state index < -0.39 is 24.2 Å². The summed E-state index contributed by atoms with van der Waals surface area (Å²) in [6, 6.07) is 11.7. The normalized spacial score (nSPS) is 20.2. The molecule has 0 amide bonds. The average molecular weight is 357 g/mol. The number of hydrogen-bond donors (Lipinski definition) is 1. The fourth-order valence-corrected chi connectivity index (χ4v) is 3.08. The third kappa shape index (κ3) is 3.06. The van der Waals surface area contributed by atoms with Gasteiger partial charge in [0.05, 0.1) is 0 Å². The maximum absolute atomic E-state index is 13.2. The molecule has 2 atom stereocenters. The second kappa shape index (κ2) is 6.02. The molecule has 2 unspecified atom stereocenters. The smallest absolute Gasteiger partial charge is 0.426 e. The summed E-state index contributed by atoms with van der Waals surface area (Å²) in [6.45, 7) is 0. The third-order valence-corrected chi connectivity index (χ3v) is 4.12. The quantitative estimate of drug-likeness (QED) is 0.857. The SMILES string of the molecule is O=C(O)C1Cc2cc(Cl)cc(-c3ccccc3)c2OC1C(F)(F)F. The van der Waals surface area contributed by atoms with Crippen LogP contribution in [0, 0.1) is 5.92 Å². The topological polar surface area (TPSA) is 46.5 Å². The summed E-state index contributed by atoms with van der Waals surface area (Å²) in [5.74, 6) is -3.23. The Morgan fingerprint density at radius 2 is 1.88 bits per heavy atom. The Hall–Kier alpha value is -2.21. The van der Waals surface area contributed by atoms with Crippen molar-refractivity contribution in [1.29, 1.82) is 0 Å². The van der Waals surface area contributed by atoms with E-state index >= 15 is 0 Å². The Morgan fingerprint density at radius 3 is 2.46 bits per heavy atom. The number of fused-ring (bicyclic) bond motifs is 1. The van der Waals surface area contributed by atoms with Gasteiger partial charge in [-0.3, -0.25) is 4.79 Å². The van der Waals surface area contributed by atoms with Crippen molar-refractivity contribution in [1.82, 2.24) is 0 Å². The Labute approximate surface area is 140 Å². The van der Waals surface area contributed by atoms with Crippen LogP contribution in [0.25, 0.3) is 11.1 Å². The van der Waals surface area contributed by atoms with E-state index in [1.165, 1.54) is 12.1 Å². The first-order chi connectivity index (χ1) is 11.3. The summed E-state index contributed by atoms with van der Waals surface area (Å²) >= 11 is 6.06. The van der Waals surface area contributed by atoms with E-state index in [9.17, 15) is 18.0 Å². The van der Waals surface area contributed by atoms with Crippen molar-refractivity contribution in [2.75, 3.05) is 0 Å². The number of halogens is 4. The first-order valence-corrected chi connectivity index (χ1v) is 7.49. The van der Waals surface area contributed by atoms with Crippen LogP contribution in [-0.4, -0.2) is 23.4 Å². The number of alkyl halides is 3. The first kappa shape index (κ1) is 16.6. The number of carboxylic acids is 1. The van der Waals surface area contributed by atoms with Gasteiger partial charge in [-0.1, -0.05) is 41.9 Å². The van der Waals surface area contributed by atoms with Gasteiger partial charge in [0.25, 0.3) is 0 Å². The maximum Gasteiger partial charge on any atom is 0.426 e. The molecule has 0 saturated carbocycles. The van der Waals surface area contributed by atoms with Gasteiger partial charge >= 0.3 is 12.1 Å². The first-order valence-electron chi connectivity index (χ1n) is 7.11. The zero-order valence-corrected chi connectivity index (χ0v) is 12.9. The minimum Gasteiger partial charge on any atom is -0.481 e. The molecule has 3 rings (SSSR count). The van der Waals surface area contributed by atoms with Crippen LogP contribution in [0.1, 0.15) is 5.56 Å². The summed E-state index contributed by atoms with van der Waals surface area (Å²) in [7, 11) is 0. The highest BCUT2D eigenvalue weighted by molar-refractivity contribution is 6.31. The maximum atomic E-state index is 13.2. The average Bonchev–Trinajstić information content (AvgIpc) is 2.52. The Morgan fingerprint density at radius 1 is 1.21 bits per heavy atom. The molecule has 0 aliphatic carbocycles. The molecule has 126 valence electrons. The molecule has 0 aromatic heterocycles. The Balaban J connectivity index is 2.15. The van der Waals surface area contributed by atoms with Crippen molar-refractivity contribution in [2.45, 2.75) is 18.7 Å². The molecule has 0 bridgehead atoms. The summed E-state index contributed by atoms with van der Waals surface area (Å²) in [4.78, 5) is 11.2. The van der Waals surface area contributed by atoms with Crippen LogP contribution >= 0.6 is 11.6 Å². The second-order valence-corrected chi connectivity index (χ2v) is 5.97. The molecule has 1 aliphatic heterocycles. The van der Waals surface area contributed by atoms with E-state index in [4.69, 9.17) is 21.4 Å². The fourth-order valence-electron chi connectivity index (χ4n) is 2.84. The number of aliphatic carboxylic acids is 1. The number of ether oxygens (including phenoxy) is 1. The molecule has 1 heterocycles. The zero-order chi connectivity index (χ0) is 17.5. The van der Waals surface area contributed by atoms with Crippen LogP contribution in [0.3, 0.4) is 0 Å². The molecular weight excluding hydrogens is 345 g/mol. The van der Waals surface area contributed by atoms with Crippen molar-refractivity contribution in [3.63, 3.8) is 0 Å². The minimum atomic E-state index is -4.78. The van der Waals surface area contributed by atoms with Gasteiger partial charge in [0.15, 0.2) is 0 Å². The molecule has 2 aromatic carbocycles. The lowest BCUT2D eigenvalue weighted by molar-refractivity contribution is -0.217. The van der Waals surface area contributed by atoms with E-state index in [0.29, 0.717) is 21.7 Å². The molecule has 0 spiro atoms. The molecule has 2 aromatic rings. The number of carbonyl (C=O) groups is 1. The van der Waals surface area contributed by atoms with Gasteiger partial charge in [0.1, 0.15) is 11.7 Å². The van der Waals surface area contributed by atoms with Crippen LogP contribution in [0.5, 0.6) is 5.75 Å². The lowest BCUT2D eigenvalue weighted by atomic mass is 9.88. The molecule has 0 radical (unpaired) electrons. The highest BCUT2D eigenvalue weighted by Crippen LogP contribution is 2.44. The number of rotatable bonds is 2. The van der Waals surface area contributed by atoms with Crippen LogP contribution in [0.2, 0.25) is 5.02 Å². The molecule has 3 nitrogen and oxygen atoms in total. The van der Waals surface area contributed by atoms with Gasteiger partial charge in [0, 0.05) is 10.6 Å². The summed E-state index contributed by atoms with van der Waals surface area (Å²) in [6.07, 6.45) is -7.48. The Kier molecular flexibility index (Phi) is 4.17. The third-order valence-electron chi connectivity index (χ3n) is 3.91. The van der Waals surface area contributed by atoms with Gasteiger partial charge in [-0.25, -0.2) is 0 Å². The lowest BCUT2D eigenvalue weighted by Crippen LogP contribution is -2.47. The van der Waals surface area contributed by atoms with Crippen LogP contribution in [0.15, 0.2) is 42.5 Å². The standard InChI is InChI=1S/C17H12ClF3O3/c18-11-6-10-7-13(16(22)23)15(17(19,20)21)24-14(10)12(8-11)9-4-2-1-3-5-9/h1-6,8,13,15H,7H2,(H,22,23). The molecule has 0 saturated heterocycles. The number of hydrogen-bond acceptors (Lipinski definition) is 2. The van der Waals surface area contributed by atoms with Gasteiger partial charge in [-0.15, -0.1) is 0 Å². The van der Waals surface area contributed by atoms with Crippen molar-refractivity contribution in [2.24, 2.45) is 5.92 Å². The van der Waals surface area contributed by atoms with Crippen LogP contribution < -0.4 is 4.74 Å². The molecule has 7 heteroatoms. The monoisotopic (exact) mass is 356 g/mol. The van der Waals surface area contributed by atoms with Crippen molar-refractivity contribution < 1.29 is 27.8 Å². The van der Waals surface area contributed by atoms with Crippen molar-refractivity contribution in [3.05, 3.63) is 53.1 Å². The van der Waals surface area contributed by atoms with Gasteiger partial charge in [0.2, 0.25) is 6.10 Å². The fraction of sp³-hybridized carbons (Fsp3) is 0.235. The van der Waals surface area contributed by atoms with E-state index in [-0.39, 0.29) is 12.2 Å². The minimum absolute atomic E-state index is 0.0328. The Bertz CT molecular complexity index is 775. The van der Waals surface area contributed by atoms with E-state index in [0.717, 1.165) is 0 Å². The van der Waals surface area contributed by atoms with Gasteiger partial charge in [-0.2, -0.15) is 13.2 Å². The predicted molar refractivity (Wildman–Crippen MR) is 82.2 cm³/mol. The zero-order valence-electron chi connectivity index (χ0n) is 12.2. The van der Waals surface area contributed by atoms with Crippen LogP contribution in [-0.2, 0) is 11.2 Å². The molecule has 0 fully saturated rings. The number of benzene rings is 2. The molecular formula is C17H12ClF3O3. The molecule has 1 aliphatic rings. The predicted octanol–water partition coefficient (Wildman–Crippen LogP) is 4.57. The number of carboxylic acid groups (broad SMARTS) is 1. The van der Waals surface area contributed by atoms with Gasteiger partial charge in [-0.05, 0) is 29.7 Å². The van der Waals surface area contributed by atoms with E-state index in [1.807, 2.05) is 0 Å². The lowest BCUT2D eigenvalue weighted by Gasteiger charge is -2.33. The van der Waals surface area contributed by atoms with E-state index in [1.54, 1.807) is 30.3 Å². The summed E-state index contributed by atoms with van der Waals surface area (Å²) in [5.41, 5.74) is 1.41. The highest BCUT2D eigenvalue weighted by Gasteiger charge is 2.52. The molecule has 1 N–H and O–H groups in total. The summed E-state index contributed by atoms with van der Waals surface area (Å²) in [5, 5.41) is 9.45. The summed E-state index contributed by atoms with van der Waals surface area (Å²) < 4.78 is 44.9. The largest absolute Gasteiger partial charge is 0.481 e.